The van der Waals surface area contributed by atoms with Crippen molar-refractivity contribution in [1.29, 1.82) is 0 Å². The zero-order chi connectivity index (χ0) is 28.8. The van der Waals surface area contributed by atoms with Gasteiger partial charge in [-0.2, -0.15) is 4.31 Å². The van der Waals surface area contributed by atoms with Crippen molar-refractivity contribution >= 4 is 44.8 Å². The standard InChI is InChI=1S/C29H30ClN3O7S/c30-22-5-8-24(9-6-22)39-16-2-1-13-33-26-19-23(7-12-27(26)40-20-28(33)34)31-29(35)21-3-10-25(11-4-21)41(36,37)32-14-17-38-18-15-32/h3-12,19H,1-2,13-18,20H2,(H,31,35). The summed E-state index contributed by atoms with van der Waals surface area (Å²) in [6.45, 7) is 2.21. The molecule has 2 heterocycles. The Morgan fingerprint density at radius 2 is 1.71 bits per heavy atom. The highest BCUT2D eigenvalue weighted by Crippen LogP contribution is 2.35. The molecule has 1 fully saturated rings. The van der Waals surface area contributed by atoms with E-state index in [-0.39, 0.29) is 17.4 Å². The summed E-state index contributed by atoms with van der Waals surface area (Å²) >= 11 is 5.90. The molecule has 1 N–H and O–H groups in total. The van der Waals surface area contributed by atoms with Crippen LogP contribution in [0.2, 0.25) is 5.02 Å². The van der Waals surface area contributed by atoms with Crippen LogP contribution in [0.15, 0.2) is 71.6 Å². The molecule has 0 saturated carbocycles. The Morgan fingerprint density at radius 1 is 0.976 bits per heavy atom. The Hall–Kier alpha value is -3.64. The number of halogens is 1. The highest BCUT2D eigenvalue weighted by Gasteiger charge is 2.27. The van der Waals surface area contributed by atoms with Gasteiger partial charge in [-0.25, -0.2) is 8.42 Å². The average molecular weight is 600 g/mol. The maximum Gasteiger partial charge on any atom is 0.265 e. The molecule has 0 radical (unpaired) electrons. The first kappa shape index (κ1) is 28.9. The summed E-state index contributed by atoms with van der Waals surface area (Å²) < 4.78 is 43.6. The van der Waals surface area contributed by atoms with Crippen molar-refractivity contribution in [2.45, 2.75) is 17.7 Å². The fourth-order valence-corrected chi connectivity index (χ4v) is 6.07. The number of unbranched alkanes of at least 4 members (excludes halogenated alkanes) is 1. The highest BCUT2D eigenvalue weighted by atomic mass is 35.5. The summed E-state index contributed by atoms with van der Waals surface area (Å²) in [7, 11) is -3.65. The van der Waals surface area contributed by atoms with E-state index < -0.39 is 15.9 Å². The minimum Gasteiger partial charge on any atom is -0.494 e. The van der Waals surface area contributed by atoms with Crippen molar-refractivity contribution in [3.63, 3.8) is 0 Å². The molecule has 2 aliphatic heterocycles. The number of sulfonamides is 1. The van der Waals surface area contributed by atoms with E-state index in [4.69, 9.17) is 25.8 Å². The van der Waals surface area contributed by atoms with Crippen LogP contribution in [-0.2, 0) is 19.6 Å². The van der Waals surface area contributed by atoms with E-state index in [1.54, 1.807) is 35.2 Å². The number of fused-ring (bicyclic) bond motifs is 1. The van der Waals surface area contributed by atoms with Crippen molar-refractivity contribution in [1.82, 2.24) is 4.31 Å². The molecule has 216 valence electrons. The van der Waals surface area contributed by atoms with E-state index in [9.17, 15) is 18.0 Å². The molecule has 2 amide bonds. The van der Waals surface area contributed by atoms with Crippen LogP contribution in [0.25, 0.3) is 0 Å². The molecule has 0 unspecified atom stereocenters. The molecule has 10 nitrogen and oxygen atoms in total. The van der Waals surface area contributed by atoms with Crippen LogP contribution in [0, 0.1) is 0 Å². The van der Waals surface area contributed by atoms with Gasteiger partial charge in [-0.1, -0.05) is 11.6 Å². The second kappa shape index (κ2) is 12.9. The molecule has 0 spiro atoms. The number of anilines is 2. The lowest BCUT2D eigenvalue weighted by Gasteiger charge is -2.30. The van der Waals surface area contributed by atoms with Gasteiger partial charge in [0.2, 0.25) is 10.0 Å². The van der Waals surface area contributed by atoms with Gasteiger partial charge in [-0.05, 0) is 79.6 Å². The lowest BCUT2D eigenvalue weighted by Crippen LogP contribution is -2.40. The minimum absolute atomic E-state index is 0.0559. The minimum atomic E-state index is -3.65. The molecule has 0 aliphatic carbocycles. The monoisotopic (exact) mass is 599 g/mol. The van der Waals surface area contributed by atoms with Crippen LogP contribution in [0.1, 0.15) is 23.2 Å². The molecule has 3 aromatic rings. The summed E-state index contributed by atoms with van der Waals surface area (Å²) in [5.74, 6) is 0.708. The maximum atomic E-state index is 12.9. The van der Waals surface area contributed by atoms with Gasteiger partial charge in [0.05, 0.1) is 30.4 Å². The van der Waals surface area contributed by atoms with Gasteiger partial charge in [0, 0.05) is 35.9 Å². The average Bonchev–Trinajstić information content (AvgIpc) is 2.99. The Morgan fingerprint density at radius 3 is 2.44 bits per heavy atom. The van der Waals surface area contributed by atoms with Crippen molar-refractivity contribution in [3.05, 3.63) is 77.3 Å². The van der Waals surface area contributed by atoms with Crippen LogP contribution >= 0.6 is 11.6 Å². The van der Waals surface area contributed by atoms with E-state index in [1.165, 1.54) is 28.6 Å². The summed E-state index contributed by atoms with van der Waals surface area (Å²) in [4.78, 5) is 27.4. The van der Waals surface area contributed by atoms with Crippen LogP contribution in [-0.4, -0.2) is 70.6 Å². The smallest absolute Gasteiger partial charge is 0.265 e. The molecular weight excluding hydrogens is 570 g/mol. The Labute approximate surface area is 243 Å². The molecule has 12 heteroatoms. The summed E-state index contributed by atoms with van der Waals surface area (Å²) in [6.07, 6.45) is 1.44. The van der Waals surface area contributed by atoms with Gasteiger partial charge >= 0.3 is 0 Å². The van der Waals surface area contributed by atoms with Crippen LogP contribution in [0.3, 0.4) is 0 Å². The maximum absolute atomic E-state index is 12.9. The topological polar surface area (TPSA) is 114 Å². The van der Waals surface area contributed by atoms with Crippen molar-refractivity contribution in [3.8, 4) is 11.5 Å². The first-order valence-electron chi connectivity index (χ1n) is 13.3. The SMILES string of the molecule is O=C(Nc1ccc2c(c1)N(CCCCOc1ccc(Cl)cc1)C(=O)CO2)c1ccc(S(=O)(=O)N2CCOCC2)cc1. The normalized spacial score (nSPS) is 15.6. The van der Waals surface area contributed by atoms with Crippen LogP contribution in [0.4, 0.5) is 11.4 Å². The summed E-state index contributed by atoms with van der Waals surface area (Å²) in [6, 6.07) is 18.1. The summed E-state index contributed by atoms with van der Waals surface area (Å²) in [5, 5.41) is 3.47. The molecule has 2 aliphatic rings. The second-order valence-corrected chi connectivity index (χ2v) is 11.9. The number of amides is 2. The predicted molar refractivity (Wildman–Crippen MR) is 154 cm³/mol. The fourth-order valence-electron chi connectivity index (χ4n) is 4.54. The number of nitrogens with zero attached hydrogens (tertiary/aromatic N) is 2. The lowest BCUT2D eigenvalue weighted by atomic mass is 10.1. The molecular formula is C29H30ClN3O7S. The quantitative estimate of drug-likeness (QED) is 0.347. The van der Waals surface area contributed by atoms with E-state index >= 15 is 0 Å². The second-order valence-electron chi connectivity index (χ2n) is 9.52. The van der Waals surface area contributed by atoms with Gasteiger partial charge in [0.15, 0.2) is 6.61 Å². The number of carbonyl (C=O) groups is 2. The van der Waals surface area contributed by atoms with E-state index in [0.29, 0.717) is 73.6 Å². The zero-order valence-corrected chi connectivity index (χ0v) is 23.8. The van der Waals surface area contributed by atoms with Crippen LogP contribution < -0.4 is 19.7 Å². The third kappa shape index (κ3) is 6.99. The van der Waals surface area contributed by atoms with Crippen molar-refractivity contribution in [2.75, 3.05) is 56.3 Å². The Kier molecular flexibility index (Phi) is 9.09. The van der Waals surface area contributed by atoms with Crippen molar-refractivity contribution in [2.24, 2.45) is 0 Å². The molecule has 0 atom stereocenters. The number of rotatable bonds is 10. The summed E-state index contributed by atoms with van der Waals surface area (Å²) in [5.41, 5.74) is 1.35. The van der Waals surface area contributed by atoms with E-state index in [0.717, 1.165) is 12.2 Å². The fraction of sp³-hybridized carbons (Fsp3) is 0.310. The number of ether oxygens (including phenoxy) is 3. The first-order chi connectivity index (χ1) is 19.8. The molecule has 3 aromatic carbocycles. The predicted octanol–water partition coefficient (Wildman–Crippen LogP) is 4.20. The molecule has 41 heavy (non-hydrogen) atoms. The number of hydrogen-bond acceptors (Lipinski definition) is 7. The third-order valence-corrected chi connectivity index (χ3v) is 8.91. The molecule has 1 saturated heterocycles. The Balaban J connectivity index is 1.19. The van der Waals surface area contributed by atoms with Gasteiger partial charge in [0.25, 0.3) is 11.8 Å². The number of morpholine rings is 1. The first-order valence-corrected chi connectivity index (χ1v) is 15.1. The third-order valence-electron chi connectivity index (χ3n) is 6.74. The molecule has 5 rings (SSSR count). The largest absolute Gasteiger partial charge is 0.494 e. The van der Waals surface area contributed by atoms with Crippen LogP contribution in [0.5, 0.6) is 11.5 Å². The van der Waals surface area contributed by atoms with Gasteiger partial charge in [-0.3, -0.25) is 9.59 Å². The zero-order valence-electron chi connectivity index (χ0n) is 22.3. The Bertz CT molecular complexity index is 1490. The van der Waals surface area contributed by atoms with Crippen molar-refractivity contribution < 1.29 is 32.2 Å². The van der Waals surface area contributed by atoms with Gasteiger partial charge in [-0.15, -0.1) is 0 Å². The van der Waals surface area contributed by atoms with E-state index in [1.807, 2.05) is 12.1 Å². The van der Waals surface area contributed by atoms with Gasteiger partial charge < -0.3 is 24.4 Å². The number of carbonyl (C=O) groups excluding carboxylic acids is 2. The van der Waals surface area contributed by atoms with E-state index in [2.05, 4.69) is 5.32 Å². The lowest BCUT2D eigenvalue weighted by molar-refractivity contribution is -0.121. The molecule has 0 aromatic heterocycles. The number of nitrogens with one attached hydrogen (secondary N) is 1. The number of hydrogen-bond donors (Lipinski definition) is 1. The van der Waals surface area contributed by atoms with Gasteiger partial charge in [0.1, 0.15) is 11.5 Å². The number of benzene rings is 3. The highest BCUT2D eigenvalue weighted by molar-refractivity contribution is 7.89. The molecule has 0 bridgehead atoms.